The summed E-state index contributed by atoms with van der Waals surface area (Å²) in [5.74, 6) is -0.576. The van der Waals surface area contributed by atoms with E-state index in [1.807, 2.05) is 47.1 Å². The van der Waals surface area contributed by atoms with Crippen LogP contribution in [0.4, 0.5) is 8.78 Å². The molecule has 2 aromatic heterocycles. The van der Waals surface area contributed by atoms with Gasteiger partial charge in [-0.3, -0.25) is 4.68 Å². The zero-order valence-electron chi connectivity index (χ0n) is 20.2. The van der Waals surface area contributed by atoms with Crippen molar-refractivity contribution in [1.29, 1.82) is 0 Å². The number of methoxy groups -OCH3 is 1. The molecule has 0 amide bonds. The van der Waals surface area contributed by atoms with E-state index in [1.165, 1.54) is 0 Å². The van der Waals surface area contributed by atoms with Gasteiger partial charge in [-0.25, -0.2) is 8.78 Å². The van der Waals surface area contributed by atoms with Crippen LogP contribution in [-0.4, -0.2) is 31.7 Å². The standard InChI is InChI=1S/C27H22ClF2N5O2/c1-4-24(37-25-21(29)12-19(28)13-22(25)30)27-33-32-26(34(27)2)17-7-10-23-18(11-17)14-31-35(23)15-16-5-8-20(36-3)9-6-16/h4-14H,15H2,1-3H3/b24-4+. The molecule has 3 aromatic carbocycles. The van der Waals surface area contributed by atoms with Gasteiger partial charge >= 0.3 is 0 Å². The lowest BCUT2D eigenvalue weighted by Gasteiger charge is -2.12. The Morgan fingerprint density at radius 3 is 2.43 bits per heavy atom. The Bertz CT molecular complexity index is 1600. The Morgan fingerprint density at radius 1 is 1.03 bits per heavy atom. The minimum absolute atomic E-state index is 0.0620. The van der Waals surface area contributed by atoms with Gasteiger partial charge in [-0.05, 0) is 61.0 Å². The highest BCUT2D eigenvalue weighted by atomic mass is 35.5. The molecule has 37 heavy (non-hydrogen) atoms. The summed E-state index contributed by atoms with van der Waals surface area (Å²) in [4.78, 5) is 0. The summed E-state index contributed by atoms with van der Waals surface area (Å²) in [5, 5.41) is 13.9. The maximum atomic E-state index is 14.3. The molecule has 0 N–H and O–H groups in total. The predicted molar refractivity (Wildman–Crippen MR) is 137 cm³/mol. The third-order valence-electron chi connectivity index (χ3n) is 5.92. The lowest BCUT2D eigenvalue weighted by atomic mass is 10.1. The Morgan fingerprint density at radius 2 is 1.76 bits per heavy atom. The summed E-state index contributed by atoms with van der Waals surface area (Å²) in [6.45, 7) is 2.29. The number of aromatic nitrogens is 5. The highest BCUT2D eigenvalue weighted by molar-refractivity contribution is 6.30. The first kappa shape index (κ1) is 24.5. The van der Waals surface area contributed by atoms with E-state index < -0.39 is 17.4 Å². The number of hydrogen-bond acceptors (Lipinski definition) is 5. The normalized spacial score (nSPS) is 11.8. The van der Waals surface area contributed by atoms with Crippen LogP contribution < -0.4 is 9.47 Å². The SMILES string of the molecule is C/C=C(/Oc1c(F)cc(Cl)cc1F)c1nnc(-c2ccc3c(cnn3Cc3ccc(OC)cc3)c2)n1C. The average molecular weight is 522 g/mol. The summed E-state index contributed by atoms with van der Waals surface area (Å²) in [7, 11) is 3.39. The number of fused-ring (bicyclic) bond motifs is 1. The number of rotatable bonds is 7. The van der Waals surface area contributed by atoms with Crippen LogP contribution in [0.1, 0.15) is 18.3 Å². The molecule has 0 atom stereocenters. The first-order valence-electron chi connectivity index (χ1n) is 11.3. The van der Waals surface area contributed by atoms with Crippen LogP contribution in [0, 0.1) is 11.6 Å². The van der Waals surface area contributed by atoms with Crippen molar-refractivity contribution in [3.63, 3.8) is 0 Å². The maximum absolute atomic E-state index is 14.3. The third kappa shape index (κ3) is 4.77. The van der Waals surface area contributed by atoms with Crippen molar-refractivity contribution >= 4 is 28.3 Å². The summed E-state index contributed by atoms with van der Waals surface area (Å²) in [6, 6.07) is 15.7. The number of ether oxygens (including phenoxy) is 2. The highest BCUT2D eigenvalue weighted by Gasteiger charge is 2.20. The van der Waals surface area contributed by atoms with E-state index in [9.17, 15) is 8.78 Å². The lowest BCUT2D eigenvalue weighted by Crippen LogP contribution is -2.06. The Hall–Kier alpha value is -4.24. The molecular formula is C27H22ClF2N5O2. The molecule has 0 saturated carbocycles. The molecule has 5 aromatic rings. The van der Waals surface area contributed by atoms with Gasteiger partial charge in [-0.1, -0.05) is 23.7 Å². The minimum atomic E-state index is -0.913. The van der Waals surface area contributed by atoms with Crippen LogP contribution in [0.2, 0.25) is 5.02 Å². The van der Waals surface area contributed by atoms with Crippen molar-refractivity contribution in [2.75, 3.05) is 7.11 Å². The highest BCUT2D eigenvalue weighted by Crippen LogP contribution is 2.31. The molecule has 0 radical (unpaired) electrons. The van der Waals surface area contributed by atoms with Gasteiger partial charge in [0, 0.05) is 23.0 Å². The van der Waals surface area contributed by atoms with E-state index in [1.54, 1.807) is 37.9 Å². The molecule has 0 bridgehead atoms. The number of halogens is 3. The maximum Gasteiger partial charge on any atom is 0.199 e. The van der Waals surface area contributed by atoms with Crippen molar-refractivity contribution in [2.24, 2.45) is 7.05 Å². The minimum Gasteiger partial charge on any atom is -0.497 e. The fourth-order valence-corrected chi connectivity index (χ4v) is 4.21. The van der Waals surface area contributed by atoms with E-state index in [2.05, 4.69) is 15.3 Å². The summed E-state index contributed by atoms with van der Waals surface area (Å²) in [5.41, 5.74) is 2.87. The van der Waals surface area contributed by atoms with Crippen molar-refractivity contribution in [3.05, 3.63) is 94.9 Å². The van der Waals surface area contributed by atoms with Crippen LogP contribution in [-0.2, 0) is 13.6 Å². The average Bonchev–Trinajstić information content (AvgIpc) is 3.47. The topological polar surface area (TPSA) is 67.0 Å². The second kappa shape index (κ2) is 10.0. The monoisotopic (exact) mass is 521 g/mol. The Kier molecular flexibility index (Phi) is 6.62. The molecule has 5 rings (SSSR count). The largest absolute Gasteiger partial charge is 0.497 e. The van der Waals surface area contributed by atoms with Gasteiger partial charge in [-0.15, -0.1) is 10.2 Å². The number of allylic oxidation sites excluding steroid dienone is 1. The summed E-state index contributed by atoms with van der Waals surface area (Å²) < 4.78 is 43.0. The van der Waals surface area contributed by atoms with Crippen LogP contribution in [0.5, 0.6) is 11.5 Å². The Balaban J connectivity index is 1.42. The quantitative estimate of drug-likeness (QED) is 0.236. The first-order valence-corrected chi connectivity index (χ1v) is 11.7. The zero-order valence-corrected chi connectivity index (χ0v) is 21.0. The molecule has 0 aliphatic heterocycles. The van der Waals surface area contributed by atoms with Gasteiger partial charge in [0.1, 0.15) is 5.75 Å². The van der Waals surface area contributed by atoms with Gasteiger partial charge in [0.25, 0.3) is 0 Å². The summed E-state index contributed by atoms with van der Waals surface area (Å²) >= 11 is 5.71. The van der Waals surface area contributed by atoms with E-state index >= 15 is 0 Å². The molecule has 0 saturated heterocycles. The smallest absolute Gasteiger partial charge is 0.199 e. The molecule has 0 unspecified atom stereocenters. The second-order valence-corrected chi connectivity index (χ2v) is 8.72. The molecule has 0 fully saturated rings. The van der Waals surface area contributed by atoms with Gasteiger partial charge in [0.2, 0.25) is 0 Å². The molecule has 0 aliphatic carbocycles. The van der Waals surface area contributed by atoms with E-state index in [4.69, 9.17) is 21.1 Å². The third-order valence-corrected chi connectivity index (χ3v) is 6.14. The van der Waals surface area contributed by atoms with Crippen LogP contribution in [0.25, 0.3) is 28.0 Å². The van der Waals surface area contributed by atoms with E-state index in [-0.39, 0.29) is 10.8 Å². The number of nitrogens with zero attached hydrogens (tertiary/aromatic N) is 5. The van der Waals surface area contributed by atoms with Gasteiger partial charge in [0.15, 0.2) is 34.8 Å². The first-order chi connectivity index (χ1) is 17.9. The second-order valence-electron chi connectivity index (χ2n) is 8.28. The number of benzene rings is 3. The lowest BCUT2D eigenvalue weighted by molar-refractivity contribution is 0.414. The van der Waals surface area contributed by atoms with Gasteiger partial charge in [-0.2, -0.15) is 5.10 Å². The molecule has 188 valence electrons. The zero-order chi connectivity index (χ0) is 26.1. The molecule has 2 heterocycles. The molecule has 0 spiro atoms. The van der Waals surface area contributed by atoms with Crippen molar-refractivity contribution < 1.29 is 18.3 Å². The molecule has 10 heteroatoms. The van der Waals surface area contributed by atoms with Crippen LogP contribution in [0.15, 0.2) is 66.9 Å². The fourth-order valence-electron chi connectivity index (χ4n) is 4.02. The van der Waals surface area contributed by atoms with Gasteiger partial charge in [0.05, 0.1) is 25.4 Å². The predicted octanol–water partition coefficient (Wildman–Crippen LogP) is 6.26. The summed E-state index contributed by atoms with van der Waals surface area (Å²) in [6.07, 6.45) is 3.36. The van der Waals surface area contributed by atoms with E-state index in [0.29, 0.717) is 18.2 Å². The number of hydrogen-bond donors (Lipinski definition) is 0. The fraction of sp³-hybridized carbons (Fsp3) is 0.148. The molecule has 7 nitrogen and oxygen atoms in total. The van der Waals surface area contributed by atoms with Crippen molar-refractivity contribution in [1.82, 2.24) is 24.5 Å². The van der Waals surface area contributed by atoms with Crippen LogP contribution in [0.3, 0.4) is 0 Å². The molecule has 0 aliphatic rings. The van der Waals surface area contributed by atoms with Gasteiger partial charge < -0.3 is 14.0 Å². The Labute approximate surface area is 216 Å². The van der Waals surface area contributed by atoms with Crippen molar-refractivity contribution in [3.8, 4) is 22.9 Å². The van der Waals surface area contributed by atoms with E-state index in [0.717, 1.165) is 39.9 Å². The van der Waals surface area contributed by atoms with Crippen LogP contribution >= 0.6 is 11.6 Å². The van der Waals surface area contributed by atoms with Crippen molar-refractivity contribution in [2.45, 2.75) is 13.5 Å². The molecular weight excluding hydrogens is 500 g/mol.